The topological polar surface area (TPSA) is 105 Å². The van der Waals surface area contributed by atoms with Crippen molar-refractivity contribution in [3.05, 3.63) is 35.9 Å². The predicted octanol–water partition coefficient (Wildman–Crippen LogP) is 0.255. The van der Waals surface area contributed by atoms with E-state index in [1.54, 1.807) is 12.1 Å². The predicted molar refractivity (Wildman–Crippen MR) is 67.7 cm³/mol. The van der Waals surface area contributed by atoms with Crippen LogP contribution in [0.15, 0.2) is 30.3 Å². The van der Waals surface area contributed by atoms with Crippen molar-refractivity contribution in [1.82, 2.24) is 10.6 Å². The molecular formula is C13H14N2O5. The van der Waals surface area contributed by atoms with Gasteiger partial charge in [0, 0.05) is 6.42 Å². The number of nitrogens with one attached hydrogen (secondary N) is 2. The molecule has 1 aliphatic heterocycles. The second-order valence-corrected chi connectivity index (χ2v) is 4.39. The molecule has 2 rings (SSSR count). The number of benzene rings is 1. The van der Waals surface area contributed by atoms with Crippen LogP contribution in [0.1, 0.15) is 12.0 Å². The van der Waals surface area contributed by atoms with Crippen molar-refractivity contribution >= 4 is 18.0 Å². The van der Waals surface area contributed by atoms with Gasteiger partial charge in [0.05, 0.1) is 0 Å². The summed E-state index contributed by atoms with van der Waals surface area (Å²) in [5.74, 6) is -1.64. The van der Waals surface area contributed by atoms with Crippen LogP contribution in [-0.2, 0) is 20.9 Å². The first-order chi connectivity index (χ1) is 9.56. The minimum absolute atomic E-state index is 0.00854. The van der Waals surface area contributed by atoms with Gasteiger partial charge in [-0.25, -0.2) is 9.59 Å². The molecule has 0 bridgehead atoms. The van der Waals surface area contributed by atoms with Crippen LogP contribution in [0, 0.1) is 0 Å². The molecule has 1 saturated heterocycles. The second kappa shape index (κ2) is 6.05. The molecule has 2 amide bonds. The molecule has 1 aromatic carbocycles. The van der Waals surface area contributed by atoms with Gasteiger partial charge in [-0.1, -0.05) is 30.3 Å². The molecule has 0 spiro atoms. The summed E-state index contributed by atoms with van der Waals surface area (Å²) in [5.41, 5.74) is 0.821. The van der Waals surface area contributed by atoms with Crippen molar-refractivity contribution in [2.24, 2.45) is 0 Å². The quantitative estimate of drug-likeness (QED) is 0.732. The van der Waals surface area contributed by atoms with Crippen molar-refractivity contribution in [2.45, 2.75) is 25.1 Å². The van der Waals surface area contributed by atoms with E-state index in [-0.39, 0.29) is 13.0 Å². The Bertz CT molecular complexity index is 517. The van der Waals surface area contributed by atoms with E-state index in [9.17, 15) is 14.4 Å². The highest BCUT2D eigenvalue weighted by molar-refractivity contribution is 5.93. The van der Waals surface area contributed by atoms with Crippen LogP contribution in [0.4, 0.5) is 4.79 Å². The van der Waals surface area contributed by atoms with E-state index in [0.29, 0.717) is 0 Å². The average molecular weight is 278 g/mol. The molecular weight excluding hydrogens is 264 g/mol. The number of carbonyl (C=O) groups is 3. The van der Waals surface area contributed by atoms with Gasteiger partial charge in [-0.05, 0) is 5.56 Å². The van der Waals surface area contributed by atoms with Crippen molar-refractivity contribution in [3.63, 3.8) is 0 Å². The monoisotopic (exact) mass is 278 g/mol. The Balaban J connectivity index is 1.80. The Morgan fingerprint density at radius 3 is 2.65 bits per heavy atom. The molecule has 1 aliphatic rings. The summed E-state index contributed by atoms with van der Waals surface area (Å²) >= 11 is 0. The highest BCUT2D eigenvalue weighted by Crippen LogP contribution is 2.09. The zero-order chi connectivity index (χ0) is 14.5. The molecule has 1 aromatic rings. The van der Waals surface area contributed by atoms with Crippen LogP contribution in [0.2, 0.25) is 0 Å². The van der Waals surface area contributed by atoms with Gasteiger partial charge in [-0.2, -0.15) is 0 Å². The third kappa shape index (κ3) is 3.47. The Morgan fingerprint density at radius 1 is 1.35 bits per heavy atom. The fraction of sp³-hybridized carbons (Fsp3) is 0.308. The molecule has 3 N–H and O–H groups in total. The van der Waals surface area contributed by atoms with Gasteiger partial charge in [-0.3, -0.25) is 4.79 Å². The smallest absolute Gasteiger partial charge is 0.408 e. The molecule has 1 heterocycles. The lowest BCUT2D eigenvalue weighted by atomic mass is 10.2. The molecule has 0 aliphatic carbocycles. The van der Waals surface area contributed by atoms with E-state index in [0.717, 1.165) is 5.56 Å². The molecule has 7 nitrogen and oxygen atoms in total. The summed E-state index contributed by atoms with van der Waals surface area (Å²) in [6.07, 6.45) is -0.741. The Labute approximate surface area is 114 Å². The fourth-order valence-electron chi connectivity index (χ4n) is 1.87. The number of amides is 2. The number of ether oxygens (including phenoxy) is 1. The van der Waals surface area contributed by atoms with Crippen LogP contribution in [0.5, 0.6) is 0 Å². The number of carboxylic acid groups (broad SMARTS) is 1. The van der Waals surface area contributed by atoms with Gasteiger partial charge in [0.1, 0.15) is 18.7 Å². The fourth-order valence-corrected chi connectivity index (χ4v) is 1.87. The molecule has 0 saturated carbocycles. The number of aliphatic carboxylic acids is 1. The molecule has 2 atom stereocenters. The minimum atomic E-state index is -1.12. The third-order valence-electron chi connectivity index (χ3n) is 2.91. The Kier molecular flexibility index (Phi) is 4.19. The molecule has 0 aromatic heterocycles. The zero-order valence-corrected chi connectivity index (χ0v) is 10.5. The lowest BCUT2D eigenvalue weighted by molar-refractivity contribution is -0.140. The SMILES string of the molecule is O=C(N[C@H]1C[C@@H](C(=O)O)NC1=O)OCc1ccccc1. The lowest BCUT2D eigenvalue weighted by Crippen LogP contribution is -2.40. The summed E-state index contributed by atoms with van der Waals surface area (Å²) in [5, 5.41) is 13.4. The summed E-state index contributed by atoms with van der Waals surface area (Å²) in [6, 6.07) is 7.24. The molecule has 0 unspecified atom stereocenters. The standard InChI is InChI=1S/C13H14N2O5/c16-11-9(6-10(14-11)12(17)18)15-13(19)20-7-8-4-2-1-3-5-8/h1-5,9-10H,6-7H2,(H,14,16)(H,15,19)(H,17,18)/t9-,10-/m0/s1. The second-order valence-electron chi connectivity index (χ2n) is 4.39. The van der Waals surface area contributed by atoms with Crippen molar-refractivity contribution < 1.29 is 24.2 Å². The molecule has 1 fully saturated rings. The number of hydrogen-bond donors (Lipinski definition) is 3. The third-order valence-corrected chi connectivity index (χ3v) is 2.91. The van der Waals surface area contributed by atoms with Crippen molar-refractivity contribution in [2.75, 3.05) is 0 Å². The first-order valence-electron chi connectivity index (χ1n) is 6.06. The van der Waals surface area contributed by atoms with Gasteiger partial charge >= 0.3 is 12.1 Å². The highest BCUT2D eigenvalue weighted by Gasteiger charge is 2.37. The summed E-state index contributed by atoms with van der Waals surface area (Å²) in [7, 11) is 0. The van der Waals surface area contributed by atoms with Gasteiger partial charge in [0.25, 0.3) is 0 Å². The number of hydrogen-bond acceptors (Lipinski definition) is 4. The van der Waals surface area contributed by atoms with E-state index < -0.39 is 30.1 Å². The lowest BCUT2D eigenvalue weighted by Gasteiger charge is -2.10. The number of rotatable bonds is 4. The van der Waals surface area contributed by atoms with Crippen LogP contribution in [0.25, 0.3) is 0 Å². The largest absolute Gasteiger partial charge is 0.480 e. The number of carbonyl (C=O) groups excluding carboxylic acids is 2. The first-order valence-corrected chi connectivity index (χ1v) is 6.06. The molecule has 106 valence electrons. The number of alkyl carbamates (subject to hydrolysis) is 1. The average Bonchev–Trinajstić information content (AvgIpc) is 2.79. The van der Waals surface area contributed by atoms with E-state index in [2.05, 4.69) is 10.6 Å². The Morgan fingerprint density at radius 2 is 2.05 bits per heavy atom. The van der Waals surface area contributed by atoms with Gasteiger partial charge in [0.15, 0.2) is 0 Å². The maximum Gasteiger partial charge on any atom is 0.408 e. The van der Waals surface area contributed by atoms with Crippen LogP contribution in [-0.4, -0.2) is 35.2 Å². The highest BCUT2D eigenvalue weighted by atomic mass is 16.5. The minimum Gasteiger partial charge on any atom is -0.480 e. The molecule has 0 radical (unpaired) electrons. The maximum atomic E-state index is 11.5. The maximum absolute atomic E-state index is 11.5. The van der Waals surface area contributed by atoms with E-state index in [1.807, 2.05) is 18.2 Å². The molecule has 7 heteroatoms. The van der Waals surface area contributed by atoms with E-state index in [1.165, 1.54) is 0 Å². The summed E-state index contributed by atoms with van der Waals surface area (Å²) < 4.78 is 4.96. The van der Waals surface area contributed by atoms with Gasteiger partial charge in [0.2, 0.25) is 5.91 Å². The van der Waals surface area contributed by atoms with E-state index in [4.69, 9.17) is 9.84 Å². The zero-order valence-electron chi connectivity index (χ0n) is 10.5. The summed E-state index contributed by atoms with van der Waals surface area (Å²) in [4.78, 5) is 33.7. The Hall–Kier alpha value is -2.57. The normalized spacial score (nSPS) is 21.1. The molecule has 20 heavy (non-hydrogen) atoms. The van der Waals surface area contributed by atoms with Crippen LogP contribution < -0.4 is 10.6 Å². The van der Waals surface area contributed by atoms with E-state index >= 15 is 0 Å². The van der Waals surface area contributed by atoms with Crippen LogP contribution >= 0.6 is 0 Å². The van der Waals surface area contributed by atoms with Gasteiger partial charge in [-0.15, -0.1) is 0 Å². The van der Waals surface area contributed by atoms with Gasteiger partial charge < -0.3 is 20.5 Å². The summed E-state index contributed by atoms with van der Waals surface area (Å²) in [6.45, 7) is 0.0867. The number of carboxylic acids is 1. The van der Waals surface area contributed by atoms with Crippen molar-refractivity contribution in [1.29, 1.82) is 0 Å². The van der Waals surface area contributed by atoms with Crippen molar-refractivity contribution in [3.8, 4) is 0 Å². The van der Waals surface area contributed by atoms with Crippen LogP contribution in [0.3, 0.4) is 0 Å². The first kappa shape index (κ1) is 13.9.